The molecule has 0 aliphatic heterocycles. The maximum absolute atomic E-state index is 11.9. The minimum atomic E-state index is -0.697. The summed E-state index contributed by atoms with van der Waals surface area (Å²) < 4.78 is 0. The summed E-state index contributed by atoms with van der Waals surface area (Å²) in [6.45, 7) is 9.83. The Morgan fingerprint density at radius 1 is 1.31 bits per heavy atom. The van der Waals surface area contributed by atoms with E-state index in [2.05, 4.69) is 10.6 Å². The van der Waals surface area contributed by atoms with Crippen LogP contribution in [0.3, 0.4) is 0 Å². The highest BCUT2D eigenvalue weighted by molar-refractivity contribution is 5.91. The van der Waals surface area contributed by atoms with Gasteiger partial charge in [-0.2, -0.15) is 0 Å². The topological polar surface area (TPSA) is 84.2 Å². The van der Waals surface area contributed by atoms with Gasteiger partial charge < -0.3 is 16.4 Å². The molecule has 0 saturated carbocycles. The van der Waals surface area contributed by atoms with E-state index in [1.54, 1.807) is 13.8 Å². The number of amides is 2. The molecule has 2 amide bonds. The van der Waals surface area contributed by atoms with Gasteiger partial charge in [-0.1, -0.05) is 20.8 Å². The van der Waals surface area contributed by atoms with Crippen LogP contribution in [-0.4, -0.2) is 29.9 Å². The smallest absolute Gasteiger partial charge is 0.240 e. The number of nitrogens with one attached hydrogen (secondary N) is 2. The SMILES string of the molecule is CCNC(C)(C)C(=O)NC(C(N)=O)C(C)C. The quantitative estimate of drug-likeness (QED) is 0.599. The molecule has 0 aliphatic rings. The van der Waals surface area contributed by atoms with Crippen LogP contribution < -0.4 is 16.4 Å². The van der Waals surface area contributed by atoms with E-state index in [0.717, 1.165) is 0 Å². The molecule has 0 aliphatic carbocycles. The van der Waals surface area contributed by atoms with Crippen LogP contribution in [0.25, 0.3) is 0 Å². The summed E-state index contributed by atoms with van der Waals surface area (Å²) in [5.74, 6) is -0.735. The molecule has 16 heavy (non-hydrogen) atoms. The molecular formula is C11H23N3O2. The number of primary amides is 1. The molecule has 0 radical (unpaired) electrons. The van der Waals surface area contributed by atoms with Crippen molar-refractivity contribution in [3.63, 3.8) is 0 Å². The first kappa shape index (κ1) is 14.9. The van der Waals surface area contributed by atoms with E-state index in [1.165, 1.54) is 0 Å². The number of rotatable bonds is 6. The molecule has 0 saturated heterocycles. The van der Waals surface area contributed by atoms with Crippen LogP contribution in [0.2, 0.25) is 0 Å². The molecule has 94 valence electrons. The summed E-state index contributed by atoms with van der Waals surface area (Å²) >= 11 is 0. The van der Waals surface area contributed by atoms with Crippen LogP contribution in [0.5, 0.6) is 0 Å². The van der Waals surface area contributed by atoms with Crippen LogP contribution in [0.4, 0.5) is 0 Å². The van der Waals surface area contributed by atoms with Gasteiger partial charge in [0.15, 0.2) is 0 Å². The molecule has 4 N–H and O–H groups in total. The Labute approximate surface area is 97.2 Å². The van der Waals surface area contributed by atoms with E-state index >= 15 is 0 Å². The van der Waals surface area contributed by atoms with Crippen molar-refractivity contribution in [3.05, 3.63) is 0 Å². The Morgan fingerprint density at radius 2 is 1.81 bits per heavy atom. The third kappa shape index (κ3) is 4.18. The lowest BCUT2D eigenvalue weighted by Crippen LogP contribution is -2.58. The van der Waals surface area contributed by atoms with Crippen molar-refractivity contribution in [1.29, 1.82) is 0 Å². The number of hydrogen-bond acceptors (Lipinski definition) is 3. The number of carbonyl (C=O) groups excluding carboxylic acids is 2. The van der Waals surface area contributed by atoms with Gasteiger partial charge in [0, 0.05) is 0 Å². The van der Waals surface area contributed by atoms with Gasteiger partial charge in [-0.3, -0.25) is 9.59 Å². The predicted molar refractivity (Wildman–Crippen MR) is 63.7 cm³/mol. The lowest BCUT2D eigenvalue weighted by molar-refractivity contribution is -0.131. The van der Waals surface area contributed by atoms with Gasteiger partial charge in [0.05, 0.1) is 5.54 Å². The van der Waals surface area contributed by atoms with Gasteiger partial charge in [0.2, 0.25) is 11.8 Å². The zero-order valence-electron chi connectivity index (χ0n) is 10.8. The van der Waals surface area contributed by atoms with Gasteiger partial charge in [-0.25, -0.2) is 0 Å². The predicted octanol–water partition coefficient (Wildman–Crippen LogP) is 0.000600. The molecule has 0 rings (SSSR count). The van der Waals surface area contributed by atoms with Gasteiger partial charge in [0.25, 0.3) is 0 Å². The summed E-state index contributed by atoms with van der Waals surface area (Å²) in [5.41, 5.74) is 4.53. The van der Waals surface area contributed by atoms with Crippen molar-refractivity contribution in [2.24, 2.45) is 11.7 Å². The van der Waals surface area contributed by atoms with Crippen molar-refractivity contribution in [2.75, 3.05) is 6.54 Å². The van der Waals surface area contributed by atoms with Crippen molar-refractivity contribution >= 4 is 11.8 Å². The fourth-order valence-corrected chi connectivity index (χ4v) is 1.41. The van der Waals surface area contributed by atoms with E-state index < -0.39 is 17.5 Å². The van der Waals surface area contributed by atoms with E-state index in [-0.39, 0.29) is 11.8 Å². The zero-order valence-corrected chi connectivity index (χ0v) is 10.8. The molecule has 5 heteroatoms. The fourth-order valence-electron chi connectivity index (χ4n) is 1.41. The molecule has 0 heterocycles. The first-order chi connectivity index (χ1) is 7.22. The van der Waals surface area contributed by atoms with Gasteiger partial charge in [0.1, 0.15) is 6.04 Å². The highest BCUT2D eigenvalue weighted by Crippen LogP contribution is 2.06. The van der Waals surface area contributed by atoms with E-state index in [4.69, 9.17) is 5.73 Å². The average Bonchev–Trinajstić information content (AvgIpc) is 2.12. The van der Waals surface area contributed by atoms with Gasteiger partial charge in [-0.05, 0) is 26.3 Å². The lowest BCUT2D eigenvalue weighted by Gasteiger charge is -2.28. The molecule has 5 nitrogen and oxygen atoms in total. The van der Waals surface area contributed by atoms with Crippen LogP contribution in [0, 0.1) is 5.92 Å². The number of hydrogen-bond donors (Lipinski definition) is 3. The first-order valence-corrected chi connectivity index (χ1v) is 5.57. The van der Waals surface area contributed by atoms with Crippen LogP contribution in [-0.2, 0) is 9.59 Å². The van der Waals surface area contributed by atoms with Crippen LogP contribution >= 0.6 is 0 Å². The summed E-state index contributed by atoms with van der Waals surface area (Å²) in [6.07, 6.45) is 0. The summed E-state index contributed by atoms with van der Waals surface area (Å²) in [5, 5.41) is 5.71. The number of likely N-dealkylation sites (N-methyl/N-ethyl adjacent to an activating group) is 1. The normalized spacial score (nSPS) is 13.6. The molecule has 0 fully saturated rings. The minimum absolute atomic E-state index is 0.0149. The standard InChI is InChI=1S/C11H23N3O2/c1-6-13-11(4,5)10(16)14-8(7(2)3)9(12)15/h7-8,13H,6H2,1-5H3,(H2,12,15)(H,14,16). The Kier molecular flexibility index (Phi) is 5.44. The third-order valence-electron chi connectivity index (χ3n) is 2.45. The number of carbonyl (C=O) groups is 2. The molecule has 1 atom stereocenters. The second-order valence-corrected chi connectivity index (χ2v) is 4.75. The zero-order chi connectivity index (χ0) is 12.9. The molecule has 0 bridgehead atoms. The van der Waals surface area contributed by atoms with E-state index in [9.17, 15) is 9.59 Å². The van der Waals surface area contributed by atoms with E-state index in [0.29, 0.717) is 6.54 Å². The second kappa shape index (κ2) is 5.84. The van der Waals surface area contributed by atoms with Gasteiger partial charge >= 0.3 is 0 Å². The van der Waals surface area contributed by atoms with Crippen LogP contribution in [0.15, 0.2) is 0 Å². The Balaban J connectivity index is 4.58. The minimum Gasteiger partial charge on any atom is -0.368 e. The summed E-state index contributed by atoms with van der Waals surface area (Å²) in [6, 6.07) is -0.620. The second-order valence-electron chi connectivity index (χ2n) is 4.75. The highest BCUT2D eigenvalue weighted by Gasteiger charge is 2.30. The molecule has 0 aromatic heterocycles. The molecule has 0 spiro atoms. The maximum atomic E-state index is 11.9. The van der Waals surface area contributed by atoms with Crippen molar-refractivity contribution < 1.29 is 9.59 Å². The summed E-state index contributed by atoms with van der Waals surface area (Å²) in [7, 11) is 0. The largest absolute Gasteiger partial charge is 0.368 e. The van der Waals surface area contributed by atoms with Crippen molar-refractivity contribution in [1.82, 2.24) is 10.6 Å². The van der Waals surface area contributed by atoms with E-state index in [1.807, 2.05) is 20.8 Å². The monoisotopic (exact) mass is 229 g/mol. The summed E-state index contributed by atoms with van der Waals surface area (Å²) in [4.78, 5) is 23.0. The van der Waals surface area contributed by atoms with Gasteiger partial charge in [-0.15, -0.1) is 0 Å². The Hall–Kier alpha value is -1.10. The number of nitrogens with two attached hydrogens (primary N) is 1. The fraction of sp³-hybridized carbons (Fsp3) is 0.818. The average molecular weight is 229 g/mol. The Bertz CT molecular complexity index is 262. The first-order valence-electron chi connectivity index (χ1n) is 5.57. The maximum Gasteiger partial charge on any atom is 0.240 e. The third-order valence-corrected chi connectivity index (χ3v) is 2.45. The lowest BCUT2D eigenvalue weighted by atomic mass is 10.00. The molecule has 0 aromatic carbocycles. The van der Waals surface area contributed by atoms with Crippen molar-refractivity contribution in [2.45, 2.75) is 46.2 Å². The van der Waals surface area contributed by atoms with Crippen LogP contribution in [0.1, 0.15) is 34.6 Å². The highest BCUT2D eigenvalue weighted by atomic mass is 16.2. The van der Waals surface area contributed by atoms with Crippen molar-refractivity contribution in [3.8, 4) is 0 Å². The molecular weight excluding hydrogens is 206 g/mol. The molecule has 0 aromatic rings. The Morgan fingerprint density at radius 3 is 2.12 bits per heavy atom. The molecule has 1 unspecified atom stereocenters.